The van der Waals surface area contributed by atoms with Crippen molar-refractivity contribution in [1.82, 2.24) is 0 Å². The summed E-state index contributed by atoms with van der Waals surface area (Å²) in [4.78, 5) is 0. The number of fused-ring (bicyclic) bond motifs is 4. The van der Waals surface area contributed by atoms with E-state index in [0.717, 1.165) is 23.7 Å². The molecule has 1 heteroatoms. The second kappa shape index (κ2) is 6.86. The fourth-order valence-corrected chi connectivity index (χ4v) is 11.0. The summed E-state index contributed by atoms with van der Waals surface area (Å²) >= 11 is 0. The fraction of sp³-hybridized carbons (Fsp3) is 0.933. The zero-order chi connectivity index (χ0) is 22.4. The molecule has 4 aliphatic carbocycles. The SMILES string of the molecule is CC(C)=CCC[C@@]1(C)O[C@@H]2C[C@@H]3[C@H](CC[C@H]4C(C)(C)CCC[C@]34C)[C@]3(C)CC[C@H]1[C@@]23C. The standard InChI is InChI=1S/C30H50O/c1-20(2)11-9-17-29(7)24-14-18-28(6)21-12-13-23-26(3,4)15-10-16-27(23,5)22(21)19-25(31-29)30(24,28)8/h11,21-25H,9-10,12-19H2,1-8H3/t21-,22+,23-,24+,25+,27+,28-,29+,30-/m0/s1. The maximum absolute atomic E-state index is 7.23. The van der Waals surface area contributed by atoms with Gasteiger partial charge >= 0.3 is 0 Å². The first-order valence-electron chi connectivity index (χ1n) is 13.7. The molecule has 0 spiro atoms. The first-order chi connectivity index (χ1) is 14.4. The lowest BCUT2D eigenvalue weighted by molar-refractivity contribution is -0.203. The van der Waals surface area contributed by atoms with Crippen molar-refractivity contribution in [3.63, 3.8) is 0 Å². The minimum Gasteiger partial charge on any atom is -0.371 e. The van der Waals surface area contributed by atoms with Crippen LogP contribution < -0.4 is 0 Å². The molecular weight excluding hydrogens is 376 g/mol. The number of allylic oxidation sites excluding steroid dienone is 2. The second-order valence-electron chi connectivity index (χ2n) is 14.5. The number of ether oxygens (including phenoxy) is 1. The van der Waals surface area contributed by atoms with Gasteiger partial charge in [-0.2, -0.15) is 0 Å². The molecule has 31 heavy (non-hydrogen) atoms. The highest BCUT2D eigenvalue weighted by Gasteiger charge is 2.75. The fourth-order valence-electron chi connectivity index (χ4n) is 11.0. The molecule has 0 aromatic rings. The lowest BCUT2D eigenvalue weighted by Gasteiger charge is -2.67. The van der Waals surface area contributed by atoms with Crippen LogP contribution in [-0.2, 0) is 4.74 Å². The van der Waals surface area contributed by atoms with Crippen molar-refractivity contribution in [2.45, 2.75) is 131 Å². The molecule has 176 valence electrons. The lowest BCUT2D eigenvalue weighted by atomic mass is 9.38. The van der Waals surface area contributed by atoms with E-state index in [1.54, 1.807) is 0 Å². The highest BCUT2D eigenvalue weighted by atomic mass is 16.5. The molecule has 0 amide bonds. The molecule has 0 bridgehead atoms. The van der Waals surface area contributed by atoms with Gasteiger partial charge in [-0.25, -0.2) is 0 Å². The van der Waals surface area contributed by atoms with Crippen molar-refractivity contribution in [3.8, 4) is 0 Å². The van der Waals surface area contributed by atoms with Crippen LogP contribution in [0.25, 0.3) is 0 Å². The average molecular weight is 427 g/mol. The van der Waals surface area contributed by atoms with Crippen LogP contribution in [0, 0.1) is 45.3 Å². The van der Waals surface area contributed by atoms with Crippen molar-refractivity contribution in [2.75, 3.05) is 0 Å². The summed E-state index contributed by atoms with van der Waals surface area (Å²) in [7, 11) is 0. The van der Waals surface area contributed by atoms with E-state index in [1.807, 2.05) is 0 Å². The third-order valence-electron chi connectivity index (χ3n) is 12.6. The Kier molecular flexibility index (Phi) is 4.98. The van der Waals surface area contributed by atoms with Crippen LogP contribution in [0.3, 0.4) is 0 Å². The van der Waals surface area contributed by atoms with Gasteiger partial charge in [0.15, 0.2) is 0 Å². The minimum atomic E-state index is 0.0722. The van der Waals surface area contributed by atoms with Crippen LogP contribution in [0.2, 0.25) is 0 Å². The maximum Gasteiger partial charge on any atom is 0.0695 e. The summed E-state index contributed by atoms with van der Waals surface area (Å²) in [6.45, 7) is 20.2. The Morgan fingerprint density at radius 3 is 2.32 bits per heavy atom. The predicted octanol–water partition coefficient (Wildman–Crippen LogP) is 8.58. The lowest BCUT2D eigenvalue weighted by Crippen LogP contribution is -2.62. The Morgan fingerprint density at radius 1 is 0.871 bits per heavy atom. The summed E-state index contributed by atoms with van der Waals surface area (Å²) < 4.78 is 7.23. The van der Waals surface area contributed by atoms with Gasteiger partial charge in [0.05, 0.1) is 11.7 Å². The monoisotopic (exact) mass is 426 g/mol. The molecule has 1 heterocycles. The van der Waals surface area contributed by atoms with Crippen LogP contribution in [0.15, 0.2) is 11.6 Å². The van der Waals surface area contributed by atoms with Gasteiger partial charge in [0, 0.05) is 5.41 Å². The van der Waals surface area contributed by atoms with Crippen molar-refractivity contribution in [3.05, 3.63) is 11.6 Å². The first-order valence-corrected chi connectivity index (χ1v) is 13.7. The molecule has 1 saturated heterocycles. The molecule has 1 aliphatic heterocycles. The highest BCUT2D eigenvalue weighted by Crippen LogP contribution is 2.78. The molecule has 0 unspecified atom stereocenters. The largest absolute Gasteiger partial charge is 0.371 e. The van der Waals surface area contributed by atoms with Crippen molar-refractivity contribution in [2.24, 2.45) is 45.3 Å². The Bertz CT molecular complexity index is 760. The van der Waals surface area contributed by atoms with E-state index in [2.05, 4.69) is 61.5 Å². The van der Waals surface area contributed by atoms with Crippen LogP contribution in [0.4, 0.5) is 0 Å². The van der Waals surface area contributed by atoms with Gasteiger partial charge in [-0.15, -0.1) is 0 Å². The molecule has 4 saturated carbocycles. The van der Waals surface area contributed by atoms with Gasteiger partial charge in [-0.05, 0) is 118 Å². The summed E-state index contributed by atoms with van der Waals surface area (Å²) in [5.74, 6) is 3.44. The Morgan fingerprint density at radius 2 is 1.61 bits per heavy atom. The van der Waals surface area contributed by atoms with E-state index in [9.17, 15) is 0 Å². The summed E-state index contributed by atoms with van der Waals surface area (Å²) in [6, 6.07) is 0. The van der Waals surface area contributed by atoms with E-state index < -0.39 is 0 Å². The Hall–Kier alpha value is -0.300. The predicted molar refractivity (Wildman–Crippen MR) is 131 cm³/mol. The van der Waals surface area contributed by atoms with E-state index in [0.29, 0.717) is 27.8 Å². The minimum absolute atomic E-state index is 0.0722. The Labute approximate surface area is 193 Å². The summed E-state index contributed by atoms with van der Waals surface area (Å²) in [5.41, 5.74) is 3.41. The molecule has 5 aliphatic rings. The molecule has 5 fully saturated rings. The van der Waals surface area contributed by atoms with E-state index >= 15 is 0 Å². The molecule has 0 N–H and O–H groups in total. The van der Waals surface area contributed by atoms with E-state index in [1.165, 1.54) is 69.8 Å². The van der Waals surface area contributed by atoms with Gasteiger partial charge in [0.1, 0.15) is 0 Å². The van der Waals surface area contributed by atoms with Crippen molar-refractivity contribution < 1.29 is 4.74 Å². The summed E-state index contributed by atoms with van der Waals surface area (Å²) in [6.07, 6.45) is 16.8. The van der Waals surface area contributed by atoms with Gasteiger partial charge < -0.3 is 4.74 Å². The van der Waals surface area contributed by atoms with Crippen LogP contribution >= 0.6 is 0 Å². The third kappa shape index (κ3) is 2.83. The number of rotatable bonds is 3. The van der Waals surface area contributed by atoms with Crippen molar-refractivity contribution in [1.29, 1.82) is 0 Å². The molecule has 0 radical (unpaired) electrons. The second-order valence-corrected chi connectivity index (χ2v) is 14.5. The maximum atomic E-state index is 7.23. The molecule has 0 aromatic carbocycles. The number of hydrogen-bond donors (Lipinski definition) is 0. The summed E-state index contributed by atoms with van der Waals surface area (Å²) in [5, 5.41) is 0. The van der Waals surface area contributed by atoms with Gasteiger partial charge in [-0.3, -0.25) is 0 Å². The van der Waals surface area contributed by atoms with E-state index in [4.69, 9.17) is 4.74 Å². The van der Waals surface area contributed by atoms with Crippen LogP contribution in [-0.4, -0.2) is 11.7 Å². The topological polar surface area (TPSA) is 9.23 Å². The first kappa shape index (κ1) is 22.5. The van der Waals surface area contributed by atoms with Gasteiger partial charge in [-0.1, -0.05) is 52.7 Å². The number of hydrogen-bond acceptors (Lipinski definition) is 1. The Balaban J connectivity index is 1.50. The van der Waals surface area contributed by atoms with Gasteiger partial charge in [0.25, 0.3) is 0 Å². The molecular formula is C30H50O. The van der Waals surface area contributed by atoms with Crippen molar-refractivity contribution >= 4 is 0 Å². The molecule has 5 rings (SSSR count). The zero-order valence-corrected chi connectivity index (χ0v) is 21.9. The van der Waals surface area contributed by atoms with Gasteiger partial charge in [0.2, 0.25) is 0 Å². The average Bonchev–Trinajstić information content (AvgIpc) is 3.07. The molecule has 1 nitrogen and oxygen atoms in total. The zero-order valence-electron chi connectivity index (χ0n) is 21.9. The van der Waals surface area contributed by atoms with Crippen LogP contribution in [0.1, 0.15) is 120 Å². The molecule has 0 aromatic heterocycles. The third-order valence-corrected chi connectivity index (χ3v) is 12.6. The highest BCUT2D eigenvalue weighted by molar-refractivity contribution is 5.23. The normalized spacial score (nSPS) is 54.6. The van der Waals surface area contributed by atoms with Crippen LogP contribution in [0.5, 0.6) is 0 Å². The van der Waals surface area contributed by atoms with E-state index in [-0.39, 0.29) is 5.60 Å². The molecule has 9 atom stereocenters. The quantitative estimate of drug-likeness (QED) is 0.411. The smallest absolute Gasteiger partial charge is 0.0695 e.